The van der Waals surface area contributed by atoms with Crippen molar-refractivity contribution in [1.29, 1.82) is 0 Å². The molecule has 0 aliphatic carbocycles. The Bertz CT molecular complexity index is 498. The number of hydrogen-bond donors (Lipinski definition) is 0. The van der Waals surface area contributed by atoms with Gasteiger partial charge in [0, 0.05) is 25.3 Å². The lowest BCUT2D eigenvalue weighted by molar-refractivity contribution is 0.0511. The molecular weight excluding hydrogens is 321 g/mol. The van der Waals surface area contributed by atoms with E-state index in [1.54, 1.807) is 11.8 Å². The van der Waals surface area contributed by atoms with Crippen molar-refractivity contribution in [3.8, 4) is 0 Å². The highest BCUT2D eigenvalue weighted by molar-refractivity contribution is 5.26. The molecule has 0 aliphatic rings. The van der Waals surface area contributed by atoms with Crippen LogP contribution in [0.25, 0.3) is 0 Å². The average Bonchev–Trinajstić information content (AvgIpc) is 2.54. The molecule has 1 atom stereocenters. The lowest BCUT2D eigenvalue weighted by Crippen LogP contribution is -2.32. The predicted octanol–water partition coefficient (Wildman–Crippen LogP) is 3.43. The number of ether oxygens (including phenoxy) is 2. The summed E-state index contributed by atoms with van der Waals surface area (Å²) in [6, 6.07) is -0.990. The number of nitrogens with zero attached hydrogens (tertiary/aromatic N) is 1. The molecule has 8 heteroatoms. The fraction of sp³-hybridized carbons (Fsp3) is 0.600. The van der Waals surface area contributed by atoms with Crippen LogP contribution in [-0.2, 0) is 9.47 Å². The van der Waals surface area contributed by atoms with E-state index >= 15 is 0 Å². The highest BCUT2D eigenvalue weighted by Crippen LogP contribution is 2.30. The molecule has 0 spiro atoms. The predicted molar refractivity (Wildman–Crippen MR) is 74.6 cm³/mol. The highest BCUT2D eigenvalue weighted by atomic mass is 19.2. The Hall–Kier alpha value is -1.25. The van der Waals surface area contributed by atoms with E-state index in [2.05, 4.69) is 0 Å². The summed E-state index contributed by atoms with van der Waals surface area (Å²) in [5.41, 5.74) is -0.833. The molecule has 0 bridgehead atoms. The fourth-order valence-corrected chi connectivity index (χ4v) is 2.22. The number of hydrogen-bond acceptors (Lipinski definition) is 3. The Morgan fingerprint density at radius 3 is 1.87 bits per heavy atom. The maximum Gasteiger partial charge on any atom is 0.200 e. The standard InChI is InChI=1S/C15H20F5NO2/c1-4-21(5-6-23-8-7-22-3)9(2)10-11(16)13(18)15(20)14(19)12(10)17/h9H,4-8H2,1-3H3. The van der Waals surface area contributed by atoms with E-state index in [0.29, 0.717) is 19.8 Å². The maximum absolute atomic E-state index is 13.8. The van der Waals surface area contributed by atoms with Gasteiger partial charge in [-0.15, -0.1) is 0 Å². The van der Waals surface area contributed by atoms with Crippen molar-refractivity contribution < 1.29 is 31.4 Å². The number of rotatable bonds is 9. The lowest BCUT2D eigenvalue weighted by atomic mass is 10.0. The third-order valence-corrected chi connectivity index (χ3v) is 3.57. The number of halogens is 5. The second-order valence-electron chi connectivity index (χ2n) is 4.89. The van der Waals surface area contributed by atoms with Crippen molar-refractivity contribution in [2.45, 2.75) is 19.9 Å². The molecule has 1 aromatic carbocycles. The van der Waals surface area contributed by atoms with Crippen LogP contribution in [0, 0.1) is 29.1 Å². The van der Waals surface area contributed by atoms with Gasteiger partial charge < -0.3 is 9.47 Å². The van der Waals surface area contributed by atoms with Crippen LogP contribution in [0.3, 0.4) is 0 Å². The smallest absolute Gasteiger partial charge is 0.200 e. The Morgan fingerprint density at radius 2 is 1.39 bits per heavy atom. The minimum Gasteiger partial charge on any atom is -0.382 e. The first-order valence-electron chi connectivity index (χ1n) is 7.18. The quantitative estimate of drug-likeness (QED) is 0.297. The summed E-state index contributed by atoms with van der Waals surface area (Å²) >= 11 is 0. The first kappa shape index (κ1) is 19.8. The normalized spacial score (nSPS) is 12.9. The van der Waals surface area contributed by atoms with Crippen LogP contribution in [0.4, 0.5) is 22.0 Å². The van der Waals surface area contributed by atoms with E-state index in [-0.39, 0.29) is 13.2 Å². The van der Waals surface area contributed by atoms with Crippen LogP contribution in [0.15, 0.2) is 0 Å². The summed E-state index contributed by atoms with van der Waals surface area (Å²) in [5.74, 6) is -9.61. The average molecular weight is 341 g/mol. The molecule has 0 N–H and O–H groups in total. The molecule has 0 amide bonds. The topological polar surface area (TPSA) is 21.7 Å². The second kappa shape index (κ2) is 9.14. The van der Waals surface area contributed by atoms with E-state index in [1.807, 2.05) is 0 Å². The monoisotopic (exact) mass is 341 g/mol. The van der Waals surface area contributed by atoms with E-state index in [9.17, 15) is 22.0 Å². The summed E-state index contributed by atoms with van der Waals surface area (Å²) in [5, 5.41) is 0. The van der Waals surface area contributed by atoms with Crippen molar-refractivity contribution in [2.24, 2.45) is 0 Å². The molecule has 132 valence electrons. The van der Waals surface area contributed by atoms with Crippen LogP contribution in [0.5, 0.6) is 0 Å². The van der Waals surface area contributed by atoms with Crippen molar-refractivity contribution in [3.63, 3.8) is 0 Å². The van der Waals surface area contributed by atoms with Gasteiger partial charge in [0.15, 0.2) is 23.3 Å². The van der Waals surface area contributed by atoms with Gasteiger partial charge in [-0.2, -0.15) is 0 Å². The van der Waals surface area contributed by atoms with Gasteiger partial charge in [-0.05, 0) is 13.5 Å². The van der Waals surface area contributed by atoms with Gasteiger partial charge in [-0.3, -0.25) is 4.90 Å². The lowest BCUT2D eigenvalue weighted by Gasteiger charge is -2.28. The molecule has 0 saturated heterocycles. The van der Waals surface area contributed by atoms with E-state index < -0.39 is 40.7 Å². The minimum absolute atomic E-state index is 0.247. The zero-order valence-corrected chi connectivity index (χ0v) is 13.3. The minimum atomic E-state index is -2.15. The maximum atomic E-state index is 13.8. The Labute approximate surface area is 132 Å². The van der Waals surface area contributed by atoms with Crippen LogP contribution >= 0.6 is 0 Å². The number of benzene rings is 1. The van der Waals surface area contributed by atoms with Crippen molar-refractivity contribution >= 4 is 0 Å². The zero-order chi connectivity index (χ0) is 17.6. The third-order valence-electron chi connectivity index (χ3n) is 3.57. The first-order valence-corrected chi connectivity index (χ1v) is 7.18. The zero-order valence-electron chi connectivity index (χ0n) is 13.3. The fourth-order valence-electron chi connectivity index (χ4n) is 2.22. The molecule has 0 fully saturated rings. The van der Waals surface area contributed by atoms with Crippen molar-refractivity contribution in [2.75, 3.05) is 40.0 Å². The Morgan fingerprint density at radius 1 is 0.870 bits per heavy atom. The second-order valence-corrected chi connectivity index (χ2v) is 4.89. The Balaban J connectivity index is 2.91. The molecule has 0 aliphatic heterocycles. The van der Waals surface area contributed by atoms with E-state index in [4.69, 9.17) is 9.47 Å². The summed E-state index contributed by atoms with van der Waals surface area (Å²) in [6.45, 7) is 4.74. The van der Waals surface area contributed by atoms with Crippen molar-refractivity contribution in [3.05, 3.63) is 34.6 Å². The van der Waals surface area contributed by atoms with Gasteiger partial charge in [-0.1, -0.05) is 6.92 Å². The van der Waals surface area contributed by atoms with Crippen LogP contribution < -0.4 is 0 Å². The molecule has 0 radical (unpaired) electrons. The van der Waals surface area contributed by atoms with Crippen LogP contribution in [0.2, 0.25) is 0 Å². The molecule has 1 unspecified atom stereocenters. The molecule has 0 heterocycles. The third kappa shape index (κ3) is 4.62. The van der Waals surface area contributed by atoms with Gasteiger partial charge in [0.25, 0.3) is 0 Å². The molecule has 1 rings (SSSR count). The molecule has 0 saturated carbocycles. The molecular formula is C15H20F5NO2. The summed E-state index contributed by atoms with van der Waals surface area (Å²) in [6.07, 6.45) is 0. The highest BCUT2D eigenvalue weighted by Gasteiger charge is 2.30. The molecule has 23 heavy (non-hydrogen) atoms. The summed E-state index contributed by atoms with van der Waals surface area (Å²) < 4.78 is 77.4. The van der Waals surface area contributed by atoms with Crippen molar-refractivity contribution in [1.82, 2.24) is 4.90 Å². The van der Waals surface area contributed by atoms with Gasteiger partial charge in [0.1, 0.15) is 0 Å². The van der Waals surface area contributed by atoms with Crippen LogP contribution in [-0.4, -0.2) is 44.9 Å². The first-order chi connectivity index (χ1) is 10.9. The van der Waals surface area contributed by atoms with E-state index in [0.717, 1.165) is 0 Å². The molecule has 3 nitrogen and oxygen atoms in total. The molecule has 1 aromatic rings. The number of methoxy groups -OCH3 is 1. The number of likely N-dealkylation sites (N-methyl/N-ethyl adjacent to an activating group) is 1. The van der Waals surface area contributed by atoms with Crippen LogP contribution in [0.1, 0.15) is 25.5 Å². The largest absolute Gasteiger partial charge is 0.382 e. The van der Waals surface area contributed by atoms with Gasteiger partial charge in [0.2, 0.25) is 5.82 Å². The van der Waals surface area contributed by atoms with Gasteiger partial charge >= 0.3 is 0 Å². The summed E-state index contributed by atoms with van der Waals surface area (Å²) in [4.78, 5) is 1.56. The SMILES string of the molecule is CCN(CCOCCOC)C(C)c1c(F)c(F)c(F)c(F)c1F. The summed E-state index contributed by atoms with van der Waals surface area (Å²) in [7, 11) is 1.52. The van der Waals surface area contributed by atoms with Gasteiger partial charge in [0.05, 0.1) is 19.8 Å². The van der Waals surface area contributed by atoms with Gasteiger partial charge in [-0.25, -0.2) is 22.0 Å². The molecule has 0 aromatic heterocycles. The Kier molecular flexibility index (Phi) is 7.87. The van der Waals surface area contributed by atoms with E-state index in [1.165, 1.54) is 14.0 Å².